The Kier molecular flexibility index (Phi) is 6.07. The molecule has 0 N–H and O–H groups in total. The fraction of sp³-hybridized carbons (Fsp3) is 0.0833. The molecule has 2 aromatic carbocycles. The van der Waals surface area contributed by atoms with Crippen molar-refractivity contribution in [1.82, 2.24) is 5.06 Å². The molecule has 0 spiro atoms. The molecular formula is C24H20N2O5S. The Morgan fingerprint density at radius 3 is 2.53 bits per heavy atom. The minimum Gasteiger partial charge on any atom is -0.453 e. The van der Waals surface area contributed by atoms with Crippen LogP contribution in [0.2, 0.25) is 0 Å². The first-order valence-electron chi connectivity index (χ1n) is 9.67. The van der Waals surface area contributed by atoms with E-state index in [1.54, 1.807) is 6.08 Å². The molecular weight excluding hydrogens is 428 g/mol. The summed E-state index contributed by atoms with van der Waals surface area (Å²) in [6.45, 7) is 3.35. The van der Waals surface area contributed by atoms with E-state index in [2.05, 4.69) is 11.5 Å². The van der Waals surface area contributed by atoms with Crippen LogP contribution < -0.4 is 9.64 Å². The molecule has 0 saturated carbocycles. The van der Waals surface area contributed by atoms with Crippen molar-refractivity contribution in [1.29, 1.82) is 0 Å². The number of ether oxygens (including phenoxy) is 2. The summed E-state index contributed by atoms with van der Waals surface area (Å²) in [5, 5.41) is 0.493. The summed E-state index contributed by atoms with van der Waals surface area (Å²) >= 11 is 5.04. The molecule has 2 aliphatic heterocycles. The Balaban J connectivity index is 1.68. The largest absolute Gasteiger partial charge is 0.453 e. The van der Waals surface area contributed by atoms with Gasteiger partial charge in [0, 0.05) is 25.3 Å². The van der Waals surface area contributed by atoms with Crippen LogP contribution in [0.5, 0.6) is 5.75 Å². The molecule has 0 bridgehead atoms. The van der Waals surface area contributed by atoms with E-state index in [0.29, 0.717) is 10.8 Å². The normalized spacial score (nSPS) is 17.6. The maximum Gasteiger partial charge on any atom is 0.328 e. The minimum absolute atomic E-state index is 0.0987. The summed E-state index contributed by atoms with van der Waals surface area (Å²) in [6, 6.07) is 15.7. The molecule has 2 heterocycles. The van der Waals surface area contributed by atoms with Crippen LogP contribution in [0.3, 0.4) is 0 Å². The number of allylic oxidation sites excluding steroid dienone is 3. The van der Waals surface area contributed by atoms with Crippen molar-refractivity contribution in [2.24, 2.45) is 0 Å². The first-order chi connectivity index (χ1) is 15.5. The van der Waals surface area contributed by atoms with Gasteiger partial charge in [0.25, 0.3) is 0 Å². The number of nitrogens with zero attached hydrogens (tertiary/aromatic N) is 2. The number of hydrogen-bond acceptors (Lipinski definition) is 7. The minimum atomic E-state index is -0.648. The van der Waals surface area contributed by atoms with E-state index in [-0.39, 0.29) is 16.7 Å². The number of rotatable bonds is 6. The third kappa shape index (κ3) is 4.27. The number of amides is 1. The predicted octanol–water partition coefficient (Wildman–Crippen LogP) is 4.60. The molecule has 0 radical (unpaired) electrons. The zero-order valence-electron chi connectivity index (χ0n) is 17.5. The van der Waals surface area contributed by atoms with Gasteiger partial charge < -0.3 is 19.3 Å². The number of fused-ring (bicyclic) bond motifs is 1. The topological polar surface area (TPSA) is 60.5 Å². The number of benzene rings is 2. The lowest BCUT2D eigenvalue weighted by atomic mass is 10.00. The van der Waals surface area contributed by atoms with Crippen LogP contribution in [0, 0.1) is 0 Å². The lowest BCUT2D eigenvalue weighted by Gasteiger charge is -2.19. The first kappa shape index (κ1) is 21.4. The second-order valence-electron chi connectivity index (χ2n) is 7.02. The average molecular weight is 449 g/mol. The number of anilines is 1. The van der Waals surface area contributed by atoms with Crippen LogP contribution >= 0.6 is 12.2 Å². The van der Waals surface area contributed by atoms with Gasteiger partial charge in [0.2, 0.25) is 5.76 Å². The summed E-state index contributed by atoms with van der Waals surface area (Å²) in [7, 11) is 3.99. The Hall–Kier alpha value is -3.88. The highest BCUT2D eigenvalue weighted by atomic mass is 32.1. The molecule has 0 aromatic heterocycles. The van der Waals surface area contributed by atoms with Crippen molar-refractivity contribution >= 4 is 40.6 Å². The van der Waals surface area contributed by atoms with Crippen molar-refractivity contribution < 1.29 is 24.1 Å². The third-order valence-corrected chi connectivity index (χ3v) is 4.96. The van der Waals surface area contributed by atoms with Gasteiger partial charge in [-0.1, -0.05) is 54.1 Å². The molecule has 0 unspecified atom stereocenters. The van der Waals surface area contributed by atoms with Gasteiger partial charge in [-0.25, -0.2) is 0 Å². The van der Waals surface area contributed by atoms with E-state index in [9.17, 15) is 4.79 Å². The van der Waals surface area contributed by atoms with Crippen LogP contribution in [0.15, 0.2) is 85.0 Å². The van der Waals surface area contributed by atoms with E-state index in [1.807, 2.05) is 79.7 Å². The van der Waals surface area contributed by atoms with Crippen LogP contribution in [0.4, 0.5) is 5.69 Å². The molecule has 4 rings (SSSR count). The number of carbonyl (C=O) groups is 1. The molecule has 32 heavy (non-hydrogen) atoms. The van der Waals surface area contributed by atoms with Crippen LogP contribution in [0.1, 0.15) is 11.1 Å². The highest BCUT2D eigenvalue weighted by Gasteiger charge is 2.40. The second kappa shape index (κ2) is 9.09. The maximum atomic E-state index is 12.7. The second-order valence-corrected chi connectivity index (χ2v) is 7.36. The molecule has 7 nitrogen and oxygen atoms in total. The highest BCUT2D eigenvalue weighted by molar-refractivity contribution is 7.80. The molecule has 2 aliphatic rings. The fourth-order valence-electron chi connectivity index (χ4n) is 3.12. The maximum absolute atomic E-state index is 12.7. The predicted molar refractivity (Wildman–Crippen MR) is 125 cm³/mol. The van der Waals surface area contributed by atoms with E-state index in [4.69, 9.17) is 26.7 Å². The molecule has 0 aliphatic carbocycles. The Labute approximate surface area is 190 Å². The standard InChI is InChI=1S/C24H20N2O5S/c1-4-28-31-26-23(27)22(30-24(26)32)21-15-17(19-7-5-6-8-20(19)29-21)12-9-16-10-13-18(14-11-16)25(2)3/h4-15H,1H2,2-3H3/b12-9+,22-21-. The Morgan fingerprint density at radius 1 is 1.06 bits per heavy atom. The SMILES string of the molecule is C=COON1C(=O)/C(=C2C=C(/C=C/c3ccc(N(C)C)cc3)c3ccccc3O\2)OC1=S. The zero-order valence-corrected chi connectivity index (χ0v) is 18.3. The van der Waals surface area contributed by atoms with Gasteiger partial charge in [-0.15, -0.1) is 0 Å². The summed E-state index contributed by atoms with van der Waals surface area (Å²) in [5.74, 6) is 0.0518. The smallest absolute Gasteiger partial charge is 0.328 e. The molecule has 0 atom stereocenters. The summed E-state index contributed by atoms with van der Waals surface area (Å²) < 4.78 is 11.4. The van der Waals surface area contributed by atoms with Crippen molar-refractivity contribution in [3.63, 3.8) is 0 Å². The van der Waals surface area contributed by atoms with Gasteiger partial charge in [-0.05, 0) is 52.6 Å². The molecule has 162 valence electrons. The molecule has 2 aromatic rings. The van der Waals surface area contributed by atoms with E-state index < -0.39 is 5.91 Å². The van der Waals surface area contributed by atoms with Crippen LogP contribution in [0.25, 0.3) is 11.6 Å². The van der Waals surface area contributed by atoms with E-state index in [1.165, 1.54) is 0 Å². The first-order valence-corrected chi connectivity index (χ1v) is 10.1. The monoisotopic (exact) mass is 448 g/mol. The van der Waals surface area contributed by atoms with E-state index >= 15 is 0 Å². The lowest BCUT2D eigenvalue weighted by Crippen LogP contribution is -2.28. The highest BCUT2D eigenvalue weighted by Crippen LogP contribution is 2.36. The van der Waals surface area contributed by atoms with Crippen molar-refractivity contribution in [2.45, 2.75) is 0 Å². The third-order valence-electron chi connectivity index (χ3n) is 4.71. The number of carbonyl (C=O) groups excluding carboxylic acids is 1. The summed E-state index contributed by atoms with van der Waals surface area (Å²) in [4.78, 5) is 24.1. The fourth-order valence-corrected chi connectivity index (χ4v) is 3.32. The number of hydrogen-bond donors (Lipinski definition) is 0. The number of thiocarbonyl (C=S) groups is 1. The van der Waals surface area contributed by atoms with E-state index in [0.717, 1.165) is 28.6 Å². The van der Waals surface area contributed by atoms with Crippen molar-refractivity contribution in [3.8, 4) is 5.75 Å². The molecule has 1 amide bonds. The van der Waals surface area contributed by atoms with Crippen molar-refractivity contribution in [3.05, 3.63) is 96.2 Å². The van der Waals surface area contributed by atoms with Crippen molar-refractivity contribution in [2.75, 3.05) is 19.0 Å². The van der Waals surface area contributed by atoms with Crippen LogP contribution in [-0.4, -0.2) is 30.2 Å². The Morgan fingerprint density at radius 2 is 1.81 bits per heavy atom. The average Bonchev–Trinajstić information content (AvgIpc) is 3.09. The van der Waals surface area contributed by atoms with Gasteiger partial charge in [0.05, 0.1) is 0 Å². The molecule has 1 saturated heterocycles. The van der Waals surface area contributed by atoms with Gasteiger partial charge in [-0.3, -0.25) is 4.79 Å². The molecule has 1 fully saturated rings. The summed E-state index contributed by atoms with van der Waals surface area (Å²) in [6.07, 6.45) is 6.69. The zero-order chi connectivity index (χ0) is 22.7. The molecule has 8 heteroatoms. The summed E-state index contributed by atoms with van der Waals surface area (Å²) in [5.41, 5.74) is 3.87. The number of hydroxylamine groups is 2. The van der Waals surface area contributed by atoms with Crippen LogP contribution in [-0.2, 0) is 19.4 Å². The quantitative estimate of drug-likeness (QED) is 0.210. The Bertz CT molecular complexity index is 1170. The van der Waals surface area contributed by atoms with Gasteiger partial charge in [0.1, 0.15) is 12.0 Å². The van der Waals surface area contributed by atoms with Gasteiger partial charge in [0.15, 0.2) is 5.76 Å². The van der Waals surface area contributed by atoms with Gasteiger partial charge in [-0.2, -0.15) is 0 Å². The van der Waals surface area contributed by atoms with Gasteiger partial charge >= 0.3 is 11.1 Å². The lowest BCUT2D eigenvalue weighted by molar-refractivity contribution is -0.352. The number of para-hydroxylation sites is 1.